The molecule has 1 aromatic heterocycles. The number of thiophene rings is 1. The van der Waals surface area contributed by atoms with Crippen LogP contribution in [0.15, 0.2) is 66.0 Å². The van der Waals surface area contributed by atoms with Crippen molar-refractivity contribution in [2.75, 3.05) is 17.2 Å². The molecule has 2 aromatic carbocycles. The number of hydrogen-bond donors (Lipinski definition) is 3. The number of anilines is 2. The van der Waals surface area contributed by atoms with Crippen LogP contribution in [0.25, 0.3) is 0 Å². The highest BCUT2D eigenvalue weighted by atomic mass is 32.1. The minimum absolute atomic E-state index is 0.131. The molecular formula is C22H21N3O3S. The summed E-state index contributed by atoms with van der Waals surface area (Å²) in [4.78, 5) is 37.1. The number of para-hydroxylation sites is 1. The largest absolute Gasteiger partial charge is 0.343 e. The van der Waals surface area contributed by atoms with Gasteiger partial charge in [-0.25, -0.2) is 0 Å². The predicted molar refractivity (Wildman–Crippen MR) is 115 cm³/mol. The molecule has 3 N–H and O–H groups in total. The van der Waals surface area contributed by atoms with Crippen molar-refractivity contribution in [2.45, 2.75) is 13.3 Å². The Hall–Kier alpha value is -3.45. The Morgan fingerprint density at radius 1 is 0.862 bits per heavy atom. The van der Waals surface area contributed by atoms with Crippen LogP contribution in [0.1, 0.15) is 32.5 Å². The molecule has 1 heterocycles. The summed E-state index contributed by atoms with van der Waals surface area (Å²) in [6.45, 7) is 1.88. The number of benzene rings is 2. The third-order valence-electron chi connectivity index (χ3n) is 4.23. The van der Waals surface area contributed by atoms with Crippen LogP contribution in [0.2, 0.25) is 0 Å². The van der Waals surface area contributed by atoms with E-state index in [1.54, 1.807) is 30.3 Å². The number of carbonyl (C=O) groups excluding carboxylic acids is 3. The zero-order valence-electron chi connectivity index (χ0n) is 15.9. The molecule has 29 heavy (non-hydrogen) atoms. The molecule has 0 saturated carbocycles. The van der Waals surface area contributed by atoms with Crippen molar-refractivity contribution in [2.24, 2.45) is 0 Å². The van der Waals surface area contributed by atoms with Crippen LogP contribution in [-0.4, -0.2) is 24.3 Å². The van der Waals surface area contributed by atoms with Crippen LogP contribution >= 0.6 is 11.3 Å². The van der Waals surface area contributed by atoms with Crippen molar-refractivity contribution >= 4 is 40.4 Å². The summed E-state index contributed by atoms with van der Waals surface area (Å²) in [6.07, 6.45) is 0.804. The lowest BCUT2D eigenvalue weighted by Crippen LogP contribution is -2.33. The van der Waals surface area contributed by atoms with Gasteiger partial charge >= 0.3 is 0 Å². The van der Waals surface area contributed by atoms with Gasteiger partial charge in [-0.05, 0) is 53.8 Å². The van der Waals surface area contributed by atoms with Gasteiger partial charge in [0.05, 0.1) is 11.4 Å². The smallest absolute Gasteiger partial charge is 0.265 e. The van der Waals surface area contributed by atoms with Crippen LogP contribution in [0, 0.1) is 0 Å². The summed E-state index contributed by atoms with van der Waals surface area (Å²) in [7, 11) is 0. The minimum Gasteiger partial charge on any atom is -0.343 e. The molecule has 0 spiro atoms. The van der Waals surface area contributed by atoms with Crippen LogP contribution in [0.5, 0.6) is 0 Å². The summed E-state index contributed by atoms with van der Waals surface area (Å²) in [5.74, 6) is -0.847. The molecular weight excluding hydrogens is 386 g/mol. The van der Waals surface area contributed by atoms with E-state index in [4.69, 9.17) is 0 Å². The highest BCUT2D eigenvalue weighted by Crippen LogP contribution is 2.16. The Morgan fingerprint density at radius 2 is 1.62 bits per heavy atom. The maximum Gasteiger partial charge on any atom is 0.265 e. The molecule has 6 nitrogen and oxygen atoms in total. The molecule has 0 radical (unpaired) electrons. The van der Waals surface area contributed by atoms with Gasteiger partial charge in [0, 0.05) is 16.9 Å². The number of rotatable bonds is 7. The number of nitrogens with one attached hydrogen (secondary N) is 3. The Labute approximate surface area is 173 Å². The average Bonchev–Trinajstić information content (AvgIpc) is 3.28. The fourth-order valence-electron chi connectivity index (χ4n) is 2.71. The Kier molecular flexibility index (Phi) is 6.76. The molecule has 0 bridgehead atoms. The second-order valence-corrected chi connectivity index (χ2v) is 7.20. The average molecular weight is 407 g/mol. The van der Waals surface area contributed by atoms with E-state index in [0.29, 0.717) is 16.1 Å². The highest BCUT2D eigenvalue weighted by Gasteiger charge is 2.11. The molecule has 148 valence electrons. The second kappa shape index (κ2) is 9.66. The maximum absolute atomic E-state index is 12.3. The third kappa shape index (κ3) is 5.52. The van der Waals surface area contributed by atoms with Gasteiger partial charge in [0.1, 0.15) is 0 Å². The first-order valence-corrected chi connectivity index (χ1v) is 10.1. The van der Waals surface area contributed by atoms with Gasteiger partial charge < -0.3 is 16.0 Å². The van der Waals surface area contributed by atoms with E-state index in [-0.39, 0.29) is 24.3 Å². The first-order chi connectivity index (χ1) is 14.1. The topological polar surface area (TPSA) is 87.3 Å². The molecule has 0 unspecified atom stereocenters. The van der Waals surface area contributed by atoms with Crippen LogP contribution < -0.4 is 16.0 Å². The van der Waals surface area contributed by atoms with E-state index in [1.165, 1.54) is 11.3 Å². The number of amides is 3. The van der Waals surface area contributed by atoms with Gasteiger partial charge in [0.2, 0.25) is 5.91 Å². The van der Waals surface area contributed by atoms with E-state index < -0.39 is 0 Å². The monoisotopic (exact) mass is 407 g/mol. The van der Waals surface area contributed by atoms with Gasteiger partial charge in [0.15, 0.2) is 0 Å². The van der Waals surface area contributed by atoms with Crippen molar-refractivity contribution in [3.8, 4) is 0 Å². The molecule has 3 aromatic rings. The normalized spacial score (nSPS) is 10.2. The zero-order valence-corrected chi connectivity index (χ0v) is 16.7. The molecule has 0 aliphatic carbocycles. The minimum atomic E-state index is -0.361. The highest BCUT2D eigenvalue weighted by molar-refractivity contribution is 7.12. The molecule has 3 amide bonds. The van der Waals surface area contributed by atoms with Crippen LogP contribution in [0.4, 0.5) is 11.4 Å². The molecule has 0 aliphatic heterocycles. The van der Waals surface area contributed by atoms with Gasteiger partial charge in [0.25, 0.3) is 11.8 Å². The van der Waals surface area contributed by atoms with Crippen molar-refractivity contribution in [1.29, 1.82) is 0 Å². The van der Waals surface area contributed by atoms with Gasteiger partial charge in [-0.15, -0.1) is 11.3 Å². The SMILES string of the molecule is CCc1ccccc1NC(=O)CNC(=O)c1ccc(NC(=O)c2cccs2)cc1. The summed E-state index contributed by atoms with van der Waals surface area (Å²) in [6, 6.07) is 17.6. The fraction of sp³-hybridized carbons (Fsp3) is 0.136. The lowest BCUT2D eigenvalue weighted by molar-refractivity contribution is -0.115. The second-order valence-electron chi connectivity index (χ2n) is 6.25. The van der Waals surface area contributed by atoms with E-state index in [0.717, 1.165) is 17.7 Å². The molecule has 0 fully saturated rings. The van der Waals surface area contributed by atoms with E-state index in [9.17, 15) is 14.4 Å². The summed E-state index contributed by atoms with van der Waals surface area (Å²) < 4.78 is 0. The van der Waals surface area contributed by atoms with Gasteiger partial charge in [-0.1, -0.05) is 31.2 Å². The summed E-state index contributed by atoms with van der Waals surface area (Å²) >= 11 is 1.36. The number of carbonyl (C=O) groups is 3. The van der Waals surface area contributed by atoms with Crippen molar-refractivity contribution in [3.63, 3.8) is 0 Å². The quantitative estimate of drug-likeness (QED) is 0.555. The molecule has 3 rings (SSSR count). The first-order valence-electron chi connectivity index (χ1n) is 9.17. The van der Waals surface area contributed by atoms with Crippen molar-refractivity contribution < 1.29 is 14.4 Å². The first kappa shape index (κ1) is 20.3. The summed E-state index contributed by atoms with van der Waals surface area (Å²) in [5, 5.41) is 10.0. The predicted octanol–water partition coefficient (Wildman–Crippen LogP) is 3.93. The van der Waals surface area contributed by atoms with Crippen molar-refractivity contribution in [1.82, 2.24) is 5.32 Å². The Balaban J connectivity index is 1.51. The standard InChI is InChI=1S/C22H21N3O3S/c1-2-15-6-3-4-7-18(15)25-20(26)14-23-21(27)16-9-11-17(12-10-16)24-22(28)19-8-5-13-29-19/h3-13H,2,14H2,1H3,(H,23,27)(H,24,28)(H,25,26). The van der Waals surface area contributed by atoms with Gasteiger partial charge in [-0.3, -0.25) is 14.4 Å². The number of hydrogen-bond acceptors (Lipinski definition) is 4. The summed E-state index contributed by atoms with van der Waals surface area (Å²) in [5.41, 5.74) is 2.78. The maximum atomic E-state index is 12.3. The molecule has 0 atom stereocenters. The zero-order chi connectivity index (χ0) is 20.6. The van der Waals surface area contributed by atoms with Crippen LogP contribution in [-0.2, 0) is 11.2 Å². The van der Waals surface area contributed by atoms with E-state index in [2.05, 4.69) is 16.0 Å². The Bertz CT molecular complexity index is 998. The third-order valence-corrected chi connectivity index (χ3v) is 5.10. The van der Waals surface area contributed by atoms with Crippen LogP contribution in [0.3, 0.4) is 0 Å². The van der Waals surface area contributed by atoms with Gasteiger partial charge in [-0.2, -0.15) is 0 Å². The lowest BCUT2D eigenvalue weighted by Gasteiger charge is -2.10. The Morgan fingerprint density at radius 3 is 2.31 bits per heavy atom. The van der Waals surface area contributed by atoms with Crippen molar-refractivity contribution in [3.05, 3.63) is 82.0 Å². The molecule has 0 aliphatic rings. The van der Waals surface area contributed by atoms with E-state index >= 15 is 0 Å². The molecule has 7 heteroatoms. The lowest BCUT2D eigenvalue weighted by atomic mass is 10.1. The molecule has 0 saturated heterocycles. The fourth-order valence-corrected chi connectivity index (χ4v) is 3.33. The number of aryl methyl sites for hydroxylation is 1. The van der Waals surface area contributed by atoms with E-state index in [1.807, 2.05) is 42.6 Å².